The topological polar surface area (TPSA) is 78.8 Å². The molecule has 2 aliphatic rings. The van der Waals surface area contributed by atoms with Gasteiger partial charge in [-0.25, -0.2) is 0 Å². The van der Waals surface area contributed by atoms with Crippen LogP contribution in [0, 0.1) is 13.8 Å². The molecular formula is C29H33N5O3. The minimum atomic E-state index is -0.458. The standard InChI is InChI=1S/C29H33N5O3/c1-21-5-9-23(10-6-21)19-34-20-25(26(30-34)24-11-7-22(2)8-12-24)27(35)32-15-17-33(18-16-32)29(37)28(36)31-13-3-4-14-31/h5-12,20H,3-4,13-19H2,1-2H3. The molecule has 2 aromatic carbocycles. The highest BCUT2D eigenvalue weighted by molar-refractivity contribution is 6.35. The Kier molecular flexibility index (Phi) is 7.08. The van der Waals surface area contributed by atoms with Gasteiger partial charge < -0.3 is 14.7 Å². The van der Waals surface area contributed by atoms with Crippen molar-refractivity contribution >= 4 is 17.7 Å². The number of carbonyl (C=O) groups excluding carboxylic acids is 3. The van der Waals surface area contributed by atoms with Crippen LogP contribution in [-0.2, 0) is 16.1 Å². The fourth-order valence-corrected chi connectivity index (χ4v) is 4.94. The van der Waals surface area contributed by atoms with Crippen LogP contribution >= 0.6 is 0 Å². The van der Waals surface area contributed by atoms with E-state index >= 15 is 0 Å². The van der Waals surface area contributed by atoms with E-state index in [-0.39, 0.29) is 5.91 Å². The van der Waals surface area contributed by atoms with Crippen LogP contribution < -0.4 is 0 Å². The molecule has 3 amide bonds. The van der Waals surface area contributed by atoms with E-state index in [1.807, 2.05) is 42.1 Å². The number of piperazine rings is 1. The summed E-state index contributed by atoms with van der Waals surface area (Å²) >= 11 is 0. The van der Waals surface area contributed by atoms with Gasteiger partial charge in [0.05, 0.1) is 12.1 Å². The molecule has 1 aromatic heterocycles. The minimum absolute atomic E-state index is 0.108. The molecule has 0 aliphatic carbocycles. The Balaban J connectivity index is 1.33. The van der Waals surface area contributed by atoms with E-state index in [1.54, 1.807) is 14.7 Å². The van der Waals surface area contributed by atoms with Gasteiger partial charge in [0.2, 0.25) is 0 Å². The number of aromatic nitrogens is 2. The second kappa shape index (κ2) is 10.6. The van der Waals surface area contributed by atoms with Crippen LogP contribution in [0.4, 0.5) is 0 Å². The lowest BCUT2D eigenvalue weighted by atomic mass is 10.1. The molecule has 192 valence electrons. The van der Waals surface area contributed by atoms with E-state index in [0.29, 0.717) is 57.1 Å². The summed E-state index contributed by atoms with van der Waals surface area (Å²) in [6, 6.07) is 16.3. The van der Waals surface area contributed by atoms with Crippen molar-refractivity contribution in [2.24, 2.45) is 0 Å². The number of benzene rings is 2. The number of amides is 3. The quantitative estimate of drug-likeness (QED) is 0.517. The highest BCUT2D eigenvalue weighted by Crippen LogP contribution is 2.25. The lowest BCUT2D eigenvalue weighted by molar-refractivity contribution is -0.152. The highest BCUT2D eigenvalue weighted by atomic mass is 16.2. The van der Waals surface area contributed by atoms with Gasteiger partial charge in [-0.1, -0.05) is 59.7 Å². The summed E-state index contributed by atoms with van der Waals surface area (Å²) in [6.07, 6.45) is 3.72. The lowest BCUT2D eigenvalue weighted by Crippen LogP contribution is -2.54. The molecule has 5 rings (SSSR count). The molecule has 0 atom stereocenters. The SMILES string of the molecule is Cc1ccc(Cn2cc(C(=O)N3CCN(C(=O)C(=O)N4CCCC4)CC3)c(-c3ccc(C)cc3)n2)cc1. The molecule has 0 saturated carbocycles. The van der Waals surface area contributed by atoms with Crippen molar-refractivity contribution in [3.05, 3.63) is 77.0 Å². The van der Waals surface area contributed by atoms with E-state index in [1.165, 1.54) is 5.56 Å². The third-order valence-electron chi connectivity index (χ3n) is 7.21. The zero-order valence-electron chi connectivity index (χ0n) is 21.5. The van der Waals surface area contributed by atoms with Crippen LogP contribution in [0.25, 0.3) is 11.3 Å². The Labute approximate surface area is 217 Å². The summed E-state index contributed by atoms with van der Waals surface area (Å²) < 4.78 is 1.82. The van der Waals surface area contributed by atoms with Crippen molar-refractivity contribution in [2.45, 2.75) is 33.2 Å². The summed E-state index contributed by atoms with van der Waals surface area (Å²) in [5.41, 5.74) is 5.53. The summed E-state index contributed by atoms with van der Waals surface area (Å²) in [4.78, 5) is 43.9. The predicted octanol–water partition coefficient (Wildman–Crippen LogP) is 3.12. The maximum Gasteiger partial charge on any atom is 0.312 e. The monoisotopic (exact) mass is 499 g/mol. The summed E-state index contributed by atoms with van der Waals surface area (Å²) in [7, 11) is 0. The molecule has 2 saturated heterocycles. The maximum absolute atomic E-state index is 13.7. The first-order valence-electron chi connectivity index (χ1n) is 13.0. The van der Waals surface area contributed by atoms with Gasteiger partial charge in [-0.3, -0.25) is 19.1 Å². The molecule has 8 heteroatoms. The molecule has 8 nitrogen and oxygen atoms in total. The van der Waals surface area contributed by atoms with Crippen molar-refractivity contribution in [3.8, 4) is 11.3 Å². The molecule has 0 radical (unpaired) electrons. The predicted molar refractivity (Wildman–Crippen MR) is 141 cm³/mol. The summed E-state index contributed by atoms with van der Waals surface area (Å²) in [5.74, 6) is -0.986. The Bertz CT molecular complexity index is 1280. The van der Waals surface area contributed by atoms with Gasteiger partial charge in [0.1, 0.15) is 5.69 Å². The fraction of sp³-hybridized carbons (Fsp3) is 0.379. The van der Waals surface area contributed by atoms with Crippen LogP contribution in [-0.4, -0.2) is 81.5 Å². The Hall–Kier alpha value is -3.94. The maximum atomic E-state index is 13.7. The smallest absolute Gasteiger partial charge is 0.312 e. The van der Waals surface area contributed by atoms with Gasteiger partial charge in [0.25, 0.3) is 5.91 Å². The number of hydrogen-bond acceptors (Lipinski definition) is 4. The Morgan fingerprint density at radius 2 is 1.22 bits per heavy atom. The van der Waals surface area contributed by atoms with Gasteiger partial charge in [-0.05, 0) is 32.3 Å². The molecule has 0 spiro atoms. The van der Waals surface area contributed by atoms with Gasteiger partial charge in [0.15, 0.2) is 0 Å². The van der Waals surface area contributed by atoms with Crippen LogP contribution in [0.3, 0.4) is 0 Å². The second-order valence-corrected chi connectivity index (χ2v) is 10.0. The molecular weight excluding hydrogens is 466 g/mol. The molecule has 0 N–H and O–H groups in total. The van der Waals surface area contributed by atoms with E-state index in [9.17, 15) is 14.4 Å². The largest absolute Gasteiger partial charge is 0.335 e. The number of nitrogens with zero attached hydrogens (tertiary/aromatic N) is 5. The van der Waals surface area contributed by atoms with Gasteiger partial charge >= 0.3 is 11.8 Å². The van der Waals surface area contributed by atoms with Crippen molar-refractivity contribution in [2.75, 3.05) is 39.3 Å². The highest BCUT2D eigenvalue weighted by Gasteiger charge is 2.33. The first kappa shape index (κ1) is 24.7. The molecule has 2 fully saturated rings. The third kappa shape index (κ3) is 5.43. The number of aryl methyl sites for hydroxylation is 2. The van der Waals surface area contributed by atoms with Crippen LogP contribution in [0.15, 0.2) is 54.7 Å². The van der Waals surface area contributed by atoms with Crippen LogP contribution in [0.5, 0.6) is 0 Å². The normalized spacial score (nSPS) is 15.8. The first-order chi connectivity index (χ1) is 17.9. The van der Waals surface area contributed by atoms with E-state index < -0.39 is 11.8 Å². The molecule has 3 aromatic rings. The summed E-state index contributed by atoms with van der Waals surface area (Å²) in [5, 5.41) is 4.81. The average Bonchev–Trinajstić information content (AvgIpc) is 3.60. The van der Waals surface area contributed by atoms with Crippen molar-refractivity contribution in [3.63, 3.8) is 0 Å². The molecule has 3 heterocycles. The van der Waals surface area contributed by atoms with E-state index in [0.717, 1.165) is 29.5 Å². The van der Waals surface area contributed by atoms with Crippen molar-refractivity contribution in [1.29, 1.82) is 0 Å². The number of hydrogen-bond donors (Lipinski definition) is 0. The summed E-state index contributed by atoms with van der Waals surface area (Å²) in [6.45, 7) is 7.41. The zero-order valence-corrected chi connectivity index (χ0v) is 21.5. The van der Waals surface area contributed by atoms with E-state index in [4.69, 9.17) is 5.10 Å². The van der Waals surface area contributed by atoms with Gasteiger partial charge in [-0.2, -0.15) is 5.10 Å². The minimum Gasteiger partial charge on any atom is -0.335 e. The van der Waals surface area contributed by atoms with Crippen molar-refractivity contribution in [1.82, 2.24) is 24.5 Å². The first-order valence-corrected chi connectivity index (χ1v) is 13.0. The number of carbonyl (C=O) groups is 3. The molecule has 0 unspecified atom stereocenters. The number of rotatable bonds is 4. The van der Waals surface area contributed by atoms with E-state index in [2.05, 4.69) is 31.2 Å². The van der Waals surface area contributed by atoms with Crippen molar-refractivity contribution < 1.29 is 14.4 Å². The van der Waals surface area contributed by atoms with Crippen LogP contribution in [0.1, 0.15) is 39.9 Å². The van der Waals surface area contributed by atoms with Gasteiger partial charge in [0, 0.05) is 51.0 Å². The Morgan fingerprint density at radius 1 is 0.703 bits per heavy atom. The average molecular weight is 500 g/mol. The second-order valence-electron chi connectivity index (χ2n) is 10.0. The Morgan fingerprint density at radius 3 is 1.81 bits per heavy atom. The van der Waals surface area contributed by atoms with Gasteiger partial charge in [-0.15, -0.1) is 0 Å². The zero-order chi connectivity index (χ0) is 25.9. The number of likely N-dealkylation sites (tertiary alicyclic amines) is 1. The third-order valence-corrected chi connectivity index (χ3v) is 7.21. The fourth-order valence-electron chi connectivity index (χ4n) is 4.94. The lowest BCUT2D eigenvalue weighted by Gasteiger charge is -2.35. The molecule has 0 bridgehead atoms. The van der Waals surface area contributed by atoms with Crippen LogP contribution in [0.2, 0.25) is 0 Å². The molecule has 2 aliphatic heterocycles. The molecule has 37 heavy (non-hydrogen) atoms.